The zero-order valence-corrected chi connectivity index (χ0v) is 25.2. The number of nitrogens with zero attached hydrogens (tertiary/aromatic N) is 5. The van der Waals surface area contributed by atoms with E-state index in [0.717, 1.165) is 49.7 Å². The highest BCUT2D eigenvalue weighted by atomic mass is 19.3. The van der Waals surface area contributed by atoms with Gasteiger partial charge in [0.2, 0.25) is 5.95 Å². The second-order valence-electron chi connectivity index (χ2n) is 12.0. The summed E-state index contributed by atoms with van der Waals surface area (Å²) in [5, 5.41) is 31.6. The molecule has 46 heavy (non-hydrogen) atoms. The van der Waals surface area contributed by atoms with Crippen molar-refractivity contribution >= 4 is 17.5 Å². The Morgan fingerprint density at radius 1 is 1.15 bits per heavy atom. The van der Waals surface area contributed by atoms with Gasteiger partial charge in [-0.15, -0.1) is 0 Å². The highest BCUT2D eigenvalue weighted by molar-refractivity contribution is 5.81. The molecule has 3 aliphatic rings. The molecule has 4 heterocycles. The van der Waals surface area contributed by atoms with E-state index in [1.165, 1.54) is 17.7 Å². The standard InChI is InChI=1S/C33H36F2N6O5/c34-33(35)20-41(31(44)28(43)17-42)13-9-30(33)46-29-5-4-23(14-24(29)16-36)27-6-10-37-32(39-27)38-25-3-1-2-22(15-25)21-7-11-40(12-8-21)26-18-45-19-26/h1-6,10,14-15,21,26,28,30,42-43H,7-9,11-13,17-20H2,(H,37,38,39)/t28-,30?/m0/s1. The number of halogens is 2. The molecule has 3 aliphatic heterocycles. The Hall–Kier alpha value is -4.22. The Morgan fingerprint density at radius 2 is 1.96 bits per heavy atom. The Kier molecular flexibility index (Phi) is 9.42. The van der Waals surface area contributed by atoms with Crippen LogP contribution < -0.4 is 10.1 Å². The van der Waals surface area contributed by atoms with Crippen molar-refractivity contribution in [3.8, 4) is 23.1 Å². The normalized spacial score (nSPS) is 21.2. The number of anilines is 2. The molecule has 1 aromatic heterocycles. The van der Waals surface area contributed by atoms with Gasteiger partial charge in [-0.2, -0.15) is 5.26 Å². The molecule has 6 rings (SSSR count). The van der Waals surface area contributed by atoms with E-state index in [0.29, 0.717) is 29.2 Å². The van der Waals surface area contributed by atoms with E-state index in [2.05, 4.69) is 32.3 Å². The molecule has 3 N–H and O–H groups in total. The SMILES string of the molecule is N#Cc1cc(-c2ccnc(Nc3cccc(C4CCN(C5COC5)CC4)c3)n2)ccc1OC1CCN(C(=O)[C@@H](O)CO)CC1(F)F. The number of benzene rings is 2. The molecule has 3 saturated heterocycles. The first kappa shape index (κ1) is 31.7. The average molecular weight is 635 g/mol. The summed E-state index contributed by atoms with van der Waals surface area (Å²) in [5.41, 5.74) is 3.30. The van der Waals surface area contributed by atoms with Crippen molar-refractivity contribution in [2.45, 2.75) is 49.4 Å². The molecular weight excluding hydrogens is 598 g/mol. The molecule has 3 aromatic rings. The topological polar surface area (TPSA) is 144 Å². The van der Waals surface area contributed by atoms with Crippen molar-refractivity contribution in [1.29, 1.82) is 5.26 Å². The zero-order chi connectivity index (χ0) is 32.3. The van der Waals surface area contributed by atoms with Crippen LogP contribution in [0.25, 0.3) is 11.3 Å². The van der Waals surface area contributed by atoms with Gasteiger partial charge in [0, 0.05) is 30.4 Å². The fourth-order valence-corrected chi connectivity index (χ4v) is 6.19. The third kappa shape index (κ3) is 6.95. The first-order valence-electron chi connectivity index (χ1n) is 15.4. The number of aliphatic hydroxyl groups excluding tert-OH is 2. The quantitative estimate of drug-likeness (QED) is 0.321. The number of alkyl halides is 2. The third-order valence-corrected chi connectivity index (χ3v) is 8.90. The number of hydrogen-bond acceptors (Lipinski definition) is 10. The Balaban J connectivity index is 1.11. The van der Waals surface area contributed by atoms with Crippen molar-refractivity contribution < 1.29 is 33.3 Å². The second kappa shape index (κ2) is 13.6. The lowest BCUT2D eigenvalue weighted by Crippen LogP contribution is -2.57. The Morgan fingerprint density at radius 3 is 2.65 bits per heavy atom. The molecule has 0 spiro atoms. The number of piperidine rings is 2. The van der Waals surface area contributed by atoms with Crippen LogP contribution in [-0.4, -0.2) is 106 Å². The van der Waals surface area contributed by atoms with E-state index in [-0.39, 0.29) is 24.3 Å². The molecule has 3 fully saturated rings. The van der Waals surface area contributed by atoms with Crippen LogP contribution in [0.2, 0.25) is 0 Å². The molecular formula is C33H36F2N6O5. The lowest BCUT2D eigenvalue weighted by molar-refractivity contribution is -0.167. The lowest BCUT2D eigenvalue weighted by Gasteiger charge is -2.41. The van der Waals surface area contributed by atoms with E-state index in [1.807, 2.05) is 18.2 Å². The third-order valence-electron chi connectivity index (χ3n) is 8.90. The molecule has 1 unspecified atom stereocenters. The molecule has 13 heteroatoms. The van der Waals surface area contributed by atoms with Crippen molar-refractivity contribution in [3.05, 3.63) is 65.9 Å². The van der Waals surface area contributed by atoms with E-state index < -0.39 is 37.2 Å². The van der Waals surface area contributed by atoms with Crippen LogP contribution in [0.15, 0.2) is 54.7 Å². The van der Waals surface area contributed by atoms with Gasteiger partial charge >= 0.3 is 5.92 Å². The van der Waals surface area contributed by atoms with Crippen LogP contribution in [-0.2, 0) is 9.53 Å². The van der Waals surface area contributed by atoms with Gasteiger partial charge in [0.1, 0.15) is 11.8 Å². The number of ether oxygens (including phenoxy) is 2. The van der Waals surface area contributed by atoms with Crippen LogP contribution in [0.3, 0.4) is 0 Å². The van der Waals surface area contributed by atoms with Gasteiger partial charge in [-0.05, 0) is 73.8 Å². The highest BCUT2D eigenvalue weighted by Gasteiger charge is 2.48. The Labute approximate surface area is 265 Å². The summed E-state index contributed by atoms with van der Waals surface area (Å²) in [4.78, 5) is 24.4. The van der Waals surface area contributed by atoms with Gasteiger partial charge in [0.25, 0.3) is 5.91 Å². The predicted octanol–water partition coefficient (Wildman–Crippen LogP) is 3.31. The first-order chi connectivity index (χ1) is 22.2. The summed E-state index contributed by atoms with van der Waals surface area (Å²) >= 11 is 0. The molecule has 0 radical (unpaired) electrons. The van der Waals surface area contributed by atoms with E-state index in [1.54, 1.807) is 18.3 Å². The van der Waals surface area contributed by atoms with Crippen LogP contribution in [0.4, 0.5) is 20.4 Å². The minimum absolute atomic E-state index is 0.0119. The summed E-state index contributed by atoms with van der Waals surface area (Å²) in [5.74, 6) is -3.57. The Bertz CT molecular complexity index is 1590. The molecule has 11 nitrogen and oxygen atoms in total. The van der Waals surface area contributed by atoms with Gasteiger partial charge in [-0.1, -0.05) is 12.1 Å². The summed E-state index contributed by atoms with van der Waals surface area (Å²) in [6.45, 7) is 1.88. The number of aliphatic hydroxyl groups is 2. The van der Waals surface area contributed by atoms with Crippen molar-refractivity contribution in [1.82, 2.24) is 19.8 Å². The van der Waals surface area contributed by atoms with Gasteiger partial charge in [-0.25, -0.2) is 18.7 Å². The summed E-state index contributed by atoms with van der Waals surface area (Å²) in [6, 6.07) is 17.2. The number of rotatable bonds is 9. The molecule has 242 valence electrons. The molecule has 2 aromatic carbocycles. The number of hydrogen-bond donors (Lipinski definition) is 3. The maximum atomic E-state index is 15.0. The van der Waals surface area contributed by atoms with Crippen LogP contribution in [0.1, 0.15) is 36.3 Å². The number of amides is 1. The number of aromatic nitrogens is 2. The second-order valence-corrected chi connectivity index (χ2v) is 12.0. The molecule has 0 aliphatic carbocycles. The first-order valence-corrected chi connectivity index (χ1v) is 15.4. The predicted molar refractivity (Wildman–Crippen MR) is 164 cm³/mol. The zero-order valence-electron chi connectivity index (χ0n) is 25.2. The van der Waals surface area contributed by atoms with Crippen LogP contribution in [0, 0.1) is 11.3 Å². The molecule has 1 amide bonds. The van der Waals surface area contributed by atoms with Gasteiger partial charge in [0.05, 0.1) is 43.7 Å². The maximum Gasteiger partial charge on any atom is 0.301 e. The minimum atomic E-state index is -3.44. The van der Waals surface area contributed by atoms with Crippen molar-refractivity contribution in [2.24, 2.45) is 0 Å². The smallest absolute Gasteiger partial charge is 0.301 e. The monoisotopic (exact) mass is 634 g/mol. The molecule has 2 atom stereocenters. The highest BCUT2D eigenvalue weighted by Crippen LogP contribution is 2.35. The van der Waals surface area contributed by atoms with E-state index in [9.17, 15) is 23.9 Å². The van der Waals surface area contributed by atoms with Crippen molar-refractivity contribution in [3.63, 3.8) is 0 Å². The maximum absolute atomic E-state index is 15.0. The summed E-state index contributed by atoms with van der Waals surface area (Å²) in [6.07, 6.45) is 0.233. The largest absolute Gasteiger partial charge is 0.483 e. The summed E-state index contributed by atoms with van der Waals surface area (Å²) < 4.78 is 40.9. The van der Waals surface area contributed by atoms with Crippen molar-refractivity contribution in [2.75, 3.05) is 51.3 Å². The molecule has 0 saturated carbocycles. The number of nitrogens with one attached hydrogen (secondary N) is 1. The van der Waals surface area contributed by atoms with Gasteiger partial charge in [-0.3, -0.25) is 9.69 Å². The van der Waals surface area contributed by atoms with Crippen LogP contribution >= 0.6 is 0 Å². The van der Waals surface area contributed by atoms with E-state index in [4.69, 9.17) is 14.6 Å². The van der Waals surface area contributed by atoms with Crippen LogP contribution in [0.5, 0.6) is 5.75 Å². The van der Waals surface area contributed by atoms with Gasteiger partial charge < -0.3 is 29.9 Å². The summed E-state index contributed by atoms with van der Waals surface area (Å²) in [7, 11) is 0. The van der Waals surface area contributed by atoms with Gasteiger partial charge in [0.15, 0.2) is 12.2 Å². The number of likely N-dealkylation sites (tertiary alicyclic amines) is 2. The van der Waals surface area contributed by atoms with E-state index >= 15 is 0 Å². The minimum Gasteiger partial charge on any atom is -0.483 e. The number of carbonyl (C=O) groups excluding carboxylic acids is 1. The number of carbonyl (C=O) groups is 1. The fraction of sp³-hybridized carbons (Fsp3) is 0.455. The fourth-order valence-electron chi connectivity index (χ4n) is 6.19. The lowest BCUT2D eigenvalue weighted by atomic mass is 9.88. The molecule has 0 bridgehead atoms. The average Bonchev–Trinajstić information content (AvgIpc) is 3.04. The number of nitriles is 1.